The van der Waals surface area contributed by atoms with Crippen molar-refractivity contribution in [3.05, 3.63) is 23.2 Å². The molecule has 1 amide bonds. The number of alkyl carbamates (subject to hydrolysis) is 1. The van der Waals surface area contributed by atoms with Crippen molar-refractivity contribution in [2.45, 2.75) is 26.4 Å². The lowest BCUT2D eigenvalue weighted by Gasteiger charge is -2.21. The molecule has 0 fully saturated rings. The fourth-order valence-electron chi connectivity index (χ4n) is 1.75. The van der Waals surface area contributed by atoms with Crippen LogP contribution >= 0.6 is 11.3 Å². The minimum atomic E-state index is -0.499. The quantitative estimate of drug-likeness (QED) is 0.904. The van der Waals surface area contributed by atoms with Crippen molar-refractivity contribution < 1.29 is 9.53 Å². The molecule has 23 heavy (non-hydrogen) atoms. The summed E-state index contributed by atoms with van der Waals surface area (Å²) in [5.74, 6) is 0.585. The highest BCUT2D eigenvalue weighted by Crippen LogP contribution is 2.18. The van der Waals surface area contributed by atoms with Crippen LogP contribution in [0, 0.1) is 0 Å². The maximum absolute atomic E-state index is 11.6. The monoisotopic (exact) mass is 335 g/mol. The number of thiazole rings is 1. The van der Waals surface area contributed by atoms with Crippen molar-refractivity contribution in [3.63, 3.8) is 0 Å². The standard InChI is InChI=1S/C15H21N5O2S/c1-15(2,3)22-14(21)17-7-8-20(4)13-16-6-5-11(19-13)12-9-23-10-18-12/h5-6,9-10H,7-8H2,1-4H3,(H,17,21). The minimum absolute atomic E-state index is 0.428. The Hall–Kier alpha value is -2.22. The first kappa shape index (κ1) is 17.1. The molecule has 1 N–H and O–H groups in total. The number of rotatable bonds is 5. The van der Waals surface area contributed by atoms with Crippen molar-refractivity contribution in [2.75, 3.05) is 25.0 Å². The van der Waals surface area contributed by atoms with Crippen LogP contribution in [0.25, 0.3) is 11.4 Å². The average Bonchev–Trinajstić information content (AvgIpc) is 2.99. The molecule has 0 spiro atoms. The van der Waals surface area contributed by atoms with E-state index >= 15 is 0 Å². The molecule has 7 nitrogen and oxygen atoms in total. The van der Waals surface area contributed by atoms with Gasteiger partial charge in [-0.1, -0.05) is 0 Å². The van der Waals surface area contributed by atoms with Gasteiger partial charge in [0.05, 0.1) is 16.9 Å². The number of likely N-dealkylation sites (N-methyl/N-ethyl adjacent to an activating group) is 1. The summed E-state index contributed by atoms with van der Waals surface area (Å²) in [7, 11) is 1.87. The molecule has 2 aromatic rings. The summed E-state index contributed by atoms with van der Waals surface area (Å²) in [6.07, 6.45) is 1.28. The van der Waals surface area contributed by atoms with Crippen molar-refractivity contribution in [1.29, 1.82) is 0 Å². The van der Waals surface area contributed by atoms with Crippen LogP contribution in [-0.2, 0) is 4.74 Å². The van der Waals surface area contributed by atoms with E-state index in [-0.39, 0.29) is 0 Å². The second-order valence-corrected chi connectivity index (χ2v) is 6.68. The number of ether oxygens (including phenoxy) is 1. The lowest BCUT2D eigenvalue weighted by atomic mass is 10.2. The lowest BCUT2D eigenvalue weighted by Crippen LogP contribution is -2.37. The number of hydrogen-bond acceptors (Lipinski definition) is 7. The molecule has 0 atom stereocenters. The normalized spacial score (nSPS) is 11.1. The Morgan fingerprint density at radius 2 is 2.13 bits per heavy atom. The number of anilines is 1. The predicted molar refractivity (Wildman–Crippen MR) is 90.6 cm³/mol. The Labute approximate surface area is 139 Å². The molecule has 2 heterocycles. The summed E-state index contributed by atoms with van der Waals surface area (Å²) in [4.78, 5) is 26.4. The molecule has 0 aliphatic heterocycles. The minimum Gasteiger partial charge on any atom is -0.444 e. The first-order valence-electron chi connectivity index (χ1n) is 7.25. The SMILES string of the molecule is CN(CCNC(=O)OC(C)(C)C)c1nccc(-c2cscn2)n1. The molecule has 0 aromatic carbocycles. The maximum Gasteiger partial charge on any atom is 0.407 e. The Morgan fingerprint density at radius 3 is 2.78 bits per heavy atom. The summed E-state index contributed by atoms with van der Waals surface area (Å²) in [5, 5.41) is 4.65. The second-order valence-electron chi connectivity index (χ2n) is 5.97. The van der Waals surface area contributed by atoms with Gasteiger partial charge in [-0.2, -0.15) is 0 Å². The third-order valence-corrected chi connectivity index (χ3v) is 3.38. The third kappa shape index (κ3) is 5.48. The molecule has 2 aromatic heterocycles. The molecule has 0 aliphatic rings. The molecular formula is C15H21N5O2S. The van der Waals surface area contributed by atoms with E-state index < -0.39 is 11.7 Å². The van der Waals surface area contributed by atoms with Crippen molar-refractivity contribution in [3.8, 4) is 11.4 Å². The van der Waals surface area contributed by atoms with Crippen LogP contribution in [0.2, 0.25) is 0 Å². The van der Waals surface area contributed by atoms with Gasteiger partial charge < -0.3 is 15.0 Å². The first-order chi connectivity index (χ1) is 10.8. The third-order valence-electron chi connectivity index (χ3n) is 2.79. The zero-order valence-electron chi connectivity index (χ0n) is 13.7. The van der Waals surface area contributed by atoms with Crippen molar-refractivity contribution >= 4 is 23.4 Å². The van der Waals surface area contributed by atoms with Crippen LogP contribution < -0.4 is 10.2 Å². The number of amides is 1. The van der Waals surface area contributed by atoms with Gasteiger partial charge in [-0.3, -0.25) is 0 Å². The molecule has 0 aliphatic carbocycles. The maximum atomic E-state index is 11.6. The summed E-state index contributed by atoms with van der Waals surface area (Å²) in [6.45, 7) is 6.50. The molecule has 124 valence electrons. The molecule has 0 saturated carbocycles. The zero-order chi connectivity index (χ0) is 16.9. The lowest BCUT2D eigenvalue weighted by molar-refractivity contribution is 0.0529. The van der Waals surface area contributed by atoms with Crippen LogP contribution in [0.5, 0.6) is 0 Å². The largest absolute Gasteiger partial charge is 0.444 e. The van der Waals surface area contributed by atoms with Gasteiger partial charge in [0.2, 0.25) is 5.95 Å². The Balaban J connectivity index is 1.88. The van der Waals surface area contributed by atoms with Crippen LogP contribution in [-0.4, -0.2) is 46.8 Å². The first-order valence-corrected chi connectivity index (χ1v) is 8.19. The van der Waals surface area contributed by atoms with E-state index in [0.29, 0.717) is 19.0 Å². The number of carbonyl (C=O) groups excluding carboxylic acids is 1. The summed E-state index contributed by atoms with van der Waals surface area (Å²) < 4.78 is 5.19. The van der Waals surface area contributed by atoms with Crippen molar-refractivity contribution in [2.24, 2.45) is 0 Å². The highest BCUT2D eigenvalue weighted by Gasteiger charge is 2.16. The van der Waals surface area contributed by atoms with Gasteiger partial charge in [-0.15, -0.1) is 11.3 Å². The summed E-state index contributed by atoms with van der Waals surface area (Å²) in [5.41, 5.74) is 2.88. The van der Waals surface area contributed by atoms with E-state index in [4.69, 9.17) is 4.74 Å². The van der Waals surface area contributed by atoms with E-state index in [1.54, 1.807) is 11.7 Å². The molecular weight excluding hydrogens is 314 g/mol. The zero-order valence-corrected chi connectivity index (χ0v) is 14.6. The smallest absolute Gasteiger partial charge is 0.407 e. The van der Waals surface area contributed by atoms with E-state index in [0.717, 1.165) is 11.4 Å². The summed E-state index contributed by atoms with van der Waals surface area (Å²) in [6, 6.07) is 1.82. The van der Waals surface area contributed by atoms with Gasteiger partial charge in [-0.25, -0.2) is 19.7 Å². The number of carbonyl (C=O) groups is 1. The topological polar surface area (TPSA) is 80.2 Å². The average molecular weight is 335 g/mol. The number of aromatic nitrogens is 3. The van der Waals surface area contributed by atoms with Crippen LogP contribution in [0.1, 0.15) is 20.8 Å². The molecule has 0 unspecified atom stereocenters. The van der Waals surface area contributed by atoms with Gasteiger partial charge in [0.15, 0.2) is 0 Å². The van der Waals surface area contributed by atoms with Gasteiger partial charge in [0.25, 0.3) is 0 Å². The number of nitrogens with zero attached hydrogens (tertiary/aromatic N) is 4. The van der Waals surface area contributed by atoms with E-state index in [1.165, 1.54) is 11.3 Å². The van der Waals surface area contributed by atoms with E-state index in [2.05, 4.69) is 20.3 Å². The van der Waals surface area contributed by atoms with Crippen LogP contribution in [0.15, 0.2) is 23.2 Å². The Morgan fingerprint density at radius 1 is 1.35 bits per heavy atom. The van der Waals surface area contributed by atoms with E-state index in [1.807, 2.05) is 44.2 Å². The van der Waals surface area contributed by atoms with Gasteiger partial charge in [-0.05, 0) is 26.8 Å². The summed E-state index contributed by atoms with van der Waals surface area (Å²) >= 11 is 1.52. The Kier molecular flexibility index (Phi) is 5.49. The second kappa shape index (κ2) is 7.36. The molecule has 2 rings (SSSR count). The molecule has 0 saturated heterocycles. The predicted octanol–water partition coefficient (Wildman–Crippen LogP) is 2.56. The fraction of sp³-hybridized carbons (Fsp3) is 0.467. The molecule has 0 radical (unpaired) electrons. The highest BCUT2D eigenvalue weighted by molar-refractivity contribution is 7.07. The van der Waals surface area contributed by atoms with Gasteiger partial charge in [0.1, 0.15) is 5.60 Å². The Bertz CT molecular complexity index is 640. The number of hydrogen-bond donors (Lipinski definition) is 1. The van der Waals surface area contributed by atoms with Crippen molar-refractivity contribution in [1.82, 2.24) is 20.3 Å². The van der Waals surface area contributed by atoms with E-state index in [9.17, 15) is 4.79 Å². The fourth-order valence-corrected chi connectivity index (χ4v) is 2.30. The van der Waals surface area contributed by atoms with Crippen LogP contribution in [0.4, 0.5) is 10.7 Å². The van der Waals surface area contributed by atoms with Gasteiger partial charge in [0, 0.05) is 31.7 Å². The number of nitrogens with one attached hydrogen (secondary N) is 1. The van der Waals surface area contributed by atoms with Gasteiger partial charge >= 0.3 is 6.09 Å². The molecule has 0 bridgehead atoms. The molecule has 8 heteroatoms. The highest BCUT2D eigenvalue weighted by atomic mass is 32.1. The van der Waals surface area contributed by atoms with Crippen LogP contribution in [0.3, 0.4) is 0 Å².